The van der Waals surface area contributed by atoms with Crippen molar-refractivity contribution in [3.63, 3.8) is 0 Å². The monoisotopic (exact) mass is 366 g/mol. The molecule has 0 saturated heterocycles. The van der Waals surface area contributed by atoms with E-state index >= 15 is 0 Å². The number of aromatic nitrogens is 3. The summed E-state index contributed by atoms with van der Waals surface area (Å²) in [5.41, 5.74) is 1.64. The summed E-state index contributed by atoms with van der Waals surface area (Å²) in [7, 11) is 0. The summed E-state index contributed by atoms with van der Waals surface area (Å²) in [5, 5.41) is 2.94. The number of rotatable bonds is 2. The number of H-pyrrole nitrogens is 2. The zero-order chi connectivity index (χ0) is 13.4. The first kappa shape index (κ1) is 12.0. The first-order valence-corrected chi connectivity index (χ1v) is 6.48. The molecule has 0 radical (unpaired) electrons. The molecule has 0 atom stereocenters. The van der Waals surface area contributed by atoms with E-state index in [1.54, 1.807) is 30.5 Å². The summed E-state index contributed by atoms with van der Waals surface area (Å²) in [6.45, 7) is 0. The van der Waals surface area contributed by atoms with E-state index in [1.807, 2.05) is 0 Å². The molecule has 19 heavy (non-hydrogen) atoms. The number of para-hydroxylation sites is 1. The molecule has 0 saturated carbocycles. The van der Waals surface area contributed by atoms with Crippen LogP contribution in [0.3, 0.4) is 0 Å². The highest BCUT2D eigenvalue weighted by atomic mass is 127. The first-order valence-electron chi connectivity index (χ1n) is 5.40. The standard InChI is InChI=1S/C12H7IN4O2/c13-6-4-5-14-12(18)9(6)11-15-7-2-1-3-8(17-19)10(7)16-11/h1-5H,(H,14,18)(H,15,16). The highest BCUT2D eigenvalue weighted by Gasteiger charge is 2.14. The van der Waals surface area contributed by atoms with Crippen molar-refractivity contribution < 1.29 is 0 Å². The van der Waals surface area contributed by atoms with Crippen molar-refractivity contribution in [3.8, 4) is 11.4 Å². The van der Waals surface area contributed by atoms with Crippen LogP contribution in [0.25, 0.3) is 22.4 Å². The largest absolute Gasteiger partial charge is 0.336 e. The maximum Gasteiger partial charge on any atom is 0.260 e. The van der Waals surface area contributed by atoms with Crippen molar-refractivity contribution in [3.05, 3.63) is 49.3 Å². The molecule has 0 bridgehead atoms. The normalized spacial score (nSPS) is 10.8. The number of imidazole rings is 1. The number of pyridine rings is 1. The van der Waals surface area contributed by atoms with Crippen molar-refractivity contribution in [2.24, 2.45) is 5.18 Å². The molecule has 0 aliphatic carbocycles. The predicted molar refractivity (Wildman–Crippen MR) is 80.3 cm³/mol. The SMILES string of the molecule is O=Nc1cccc2nc(-c3c(I)cc[nH]c3=O)[nH]c12. The molecule has 3 rings (SSSR count). The van der Waals surface area contributed by atoms with Gasteiger partial charge in [-0.3, -0.25) is 4.79 Å². The fourth-order valence-corrected chi connectivity index (χ4v) is 2.57. The van der Waals surface area contributed by atoms with E-state index in [-0.39, 0.29) is 11.2 Å². The maximum absolute atomic E-state index is 11.9. The fraction of sp³-hybridized carbons (Fsp3) is 0. The lowest BCUT2D eigenvalue weighted by atomic mass is 10.3. The number of hydrogen-bond donors (Lipinski definition) is 2. The van der Waals surface area contributed by atoms with Gasteiger partial charge in [-0.15, -0.1) is 4.91 Å². The van der Waals surface area contributed by atoms with Crippen LogP contribution < -0.4 is 5.56 Å². The third kappa shape index (κ3) is 1.95. The second-order valence-corrected chi connectivity index (χ2v) is 5.04. The van der Waals surface area contributed by atoms with E-state index in [0.29, 0.717) is 22.4 Å². The zero-order valence-corrected chi connectivity index (χ0v) is 11.6. The van der Waals surface area contributed by atoms with E-state index in [2.05, 4.69) is 42.7 Å². The van der Waals surface area contributed by atoms with Crippen molar-refractivity contribution in [1.82, 2.24) is 15.0 Å². The van der Waals surface area contributed by atoms with Gasteiger partial charge in [0.25, 0.3) is 5.56 Å². The van der Waals surface area contributed by atoms with Gasteiger partial charge in [-0.05, 0) is 46.0 Å². The molecule has 0 unspecified atom stereocenters. The molecule has 0 aliphatic heterocycles. The Hall–Kier alpha value is -2.03. The van der Waals surface area contributed by atoms with Gasteiger partial charge < -0.3 is 9.97 Å². The smallest absolute Gasteiger partial charge is 0.260 e. The molecule has 6 nitrogen and oxygen atoms in total. The molecular weight excluding hydrogens is 359 g/mol. The van der Waals surface area contributed by atoms with Crippen LogP contribution in [0.5, 0.6) is 0 Å². The second-order valence-electron chi connectivity index (χ2n) is 3.88. The average molecular weight is 366 g/mol. The number of nitrogens with zero attached hydrogens (tertiary/aromatic N) is 2. The molecule has 0 fully saturated rings. The van der Waals surface area contributed by atoms with Gasteiger partial charge in [0.1, 0.15) is 11.5 Å². The second kappa shape index (κ2) is 4.57. The van der Waals surface area contributed by atoms with Gasteiger partial charge in [0.05, 0.1) is 16.6 Å². The van der Waals surface area contributed by atoms with E-state index in [0.717, 1.165) is 3.57 Å². The van der Waals surface area contributed by atoms with Crippen molar-refractivity contribution >= 4 is 39.3 Å². The van der Waals surface area contributed by atoms with E-state index in [9.17, 15) is 9.70 Å². The lowest BCUT2D eigenvalue weighted by Gasteiger charge is -1.97. The highest BCUT2D eigenvalue weighted by molar-refractivity contribution is 14.1. The minimum Gasteiger partial charge on any atom is -0.336 e. The van der Waals surface area contributed by atoms with Gasteiger partial charge in [-0.2, -0.15) is 0 Å². The molecule has 0 amide bonds. The Morgan fingerprint density at radius 3 is 2.84 bits per heavy atom. The summed E-state index contributed by atoms with van der Waals surface area (Å²) >= 11 is 2.07. The molecule has 0 aliphatic rings. The zero-order valence-electron chi connectivity index (χ0n) is 9.48. The lowest BCUT2D eigenvalue weighted by Crippen LogP contribution is -2.10. The fourth-order valence-electron chi connectivity index (χ4n) is 1.89. The van der Waals surface area contributed by atoms with Crippen molar-refractivity contribution in [2.75, 3.05) is 0 Å². The number of benzene rings is 1. The molecule has 1 aromatic carbocycles. The average Bonchev–Trinajstić information content (AvgIpc) is 2.81. The van der Waals surface area contributed by atoms with Gasteiger partial charge in [-0.25, -0.2) is 4.98 Å². The Balaban J connectivity index is 2.33. The Bertz CT molecular complexity index is 837. The summed E-state index contributed by atoms with van der Waals surface area (Å²) in [6.07, 6.45) is 1.58. The molecule has 2 heterocycles. The van der Waals surface area contributed by atoms with Gasteiger partial charge in [0.15, 0.2) is 0 Å². The van der Waals surface area contributed by atoms with Gasteiger partial charge >= 0.3 is 0 Å². The third-order valence-corrected chi connectivity index (χ3v) is 3.64. The summed E-state index contributed by atoms with van der Waals surface area (Å²) in [6, 6.07) is 6.83. The Morgan fingerprint density at radius 2 is 2.11 bits per heavy atom. The van der Waals surface area contributed by atoms with Crippen LogP contribution in [0.4, 0.5) is 5.69 Å². The maximum atomic E-state index is 11.9. The van der Waals surface area contributed by atoms with E-state index < -0.39 is 0 Å². The van der Waals surface area contributed by atoms with E-state index in [1.165, 1.54) is 0 Å². The summed E-state index contributed by atoms with van der Waals surface area (Å²) < 4.78 is 0.779. The van der Waals surface area contributed by atoms with Gasteiger partial charge in [0.2, 0.25) is 0 Å². The van der Waals surface area contributed by atoms with Crippen LogP contribution in [-0.4, -0.2) is 15.0 Å². The van der Waals surface area contributed by atoms with Gasteiger partial charge in [0, 0.05) is 9.77 Å². The van der Waals surface area contributed by atoms with Crippen molar-refractivity contribution in [2.45, 2.75) is 0 Å². The van der Waals surface area contributed by atoms with Crippen LogP contribution in [-0.2, 0) is 0 Å². The van der Waals surface area contributed by atoms with E-state index in [4.69, 9.17) is 0 Å². The number of fused-ring (bicyclic) bond motifs is 1. The summed E-state index contributed by atoms with van der Waals surface area (Å²) in [5.74, 6) is 0.428. The quantitative estimate of drug-likeness (QED) is 0.540. The van der Waals surface area contributed by atoms with Crippen LogP contribution in [0.15, 0.2) is 40.4 Å². The molecule has 7 heteroatoms. The summed E-state index contributed by atoms with van der Waals surface area (Å²) in [4.78, 5) is 32.5. The lowest BCUT2D eigenvalue weighted by molar-refractivity contribution is 1.20. The number of aromatic amines is 2. The first-order chi connectivity index (χ1) is 9.20. The molecule has 94 valence electrons. The molecule has 3 aromatic rings. The van der Waals surface area contributed by atoms with Crippen LogP contribution in [0.1, 0.15) is 0 Å². The minimum atomic E-state index is -0.230. The molecular formula is C12H7IN4O2. The predicted octanol–water partition coefficient (Wildman–Crippen LogP) is 2.92. The molecule has 0 spiro atoms. The molecule has 2 N–H and O–H groups in total. The number of nitrogens with one attached hydrogen (secondary N) is 2. The number of hydrogen-bond acceptors (Lipinski definition) is 4. The number of nitroso groups, excluding NO2 is 1. The van der Waals surface area contributed by atoms with Crippen LogP contribution in [0.2, 0.25) is 0 Å². The third-order valence-electron chi connectivity index (χ3n) is 2.74. The minimum absolute atomic E-state index is 0.230. The Morgan fingerprint density at radius 1 is 1.26 bits per heavy atom. The highest BCUT2D eigenvalue weighted by Crippen LogP contribution is 2.27. The van der Waals surface area contributed by atoms with Crippen LogP contribution in [0, 0.1) is 8.48 Å². The van der Waals surface area contributed by atoms with Crippen LogP contribution >= 0.6 is 22.6 Å². The Kier molecular flexibility index (Phi) is 2.90. The van der Waals surface area contributed by atoms with Gasteiger partial charge in [-0.1, -0.05) is 6.07 Å². The van der Waals surface area contributed by atoms with Crippen molar-refractivity contribution in [1.29, 1.82) is 0 Å². The molecule has 2 aromatic heterocycles. The Labute approximate surface area is 120 Å². The number of halogens is 1. The topological polar surface area (TPSA) is 91.0 Å².